The van der Waals surface area contributed by atoms with Gasteiger partial charge in [0.25, 0.3) is 5.91 Å². The average molecular weight is 325 g/mol. The molecule has 1 heterocycles. The third kappa shape index (κ3) is 3.10. The first-order chi connectivity index (χ1) is 11.0. The van der Waals surface area contributed by atoms with E-state index in [4.69, 9.17) is 4.74 Å². The topological polar surface area (TPSA) is 49.8 Å². The van der Waals surface area contributed by atoms with Crippen molar-refractivity contribution in [1.29, 1.82) is 0 Å². The molecule has 3 atom stereocenters. The Balaban J connectivity index is 1.88. The molecule has 2 aliphatic rings. The van der Waals surface area contributed by atoms with Crippen LogP contribution >= 0.6 is 0 Å². The quantitative estimate of drug-likeness (QED) is 0.907. The molecule has 1 saturated heterocycles. The number of nitrogens with zero attached hydrogens (tertiary/aromatic N) is 1. The van der Waals surface area contributed by atoms with Gasteiger partial charge < -0.3 is 14.7 Å². The second-order valence-electron chi connectivity index (χ2n) is 6.38. The lowest BCUT2D eigenvalue weighted by Gasteiger charge is -2.40. The highest BCUT2D eigenvalue weighted by atomic mass is 19.1. The lowest BCUT2D eigenvalue weighted by Crippen LogP contribution is -2.53. The van der Waals surface area contributed by atoms with Crippen LogP contribution < -0.4 is 0 Å². The Morgan fingerprint density at radius 2 is 2.09 bits per heavy atom. The largest absolute Gasteiger partial charge is 0.393 e. The normalized spacial score (nSPS) is 28.2. The number of amides is 1. The fourth-order valence-corrected chi connectivity index (χ4v) is 3.62. The Morgan fingerprint density at radius 1 is 1.30 bits per heavy atom. The van der Waals surface area contributed by atoms with Crippen LogP contribution in [0.1, 0.15) is 35.2 Å². The molecule has 0 spiro atoms. The predicted molar refractivity (Wildman–Crippen MR) is 80.1 cm³/mol. The Morgan fingerprint density at radius 3 is 2.78 bits per heavy atom. The number of aliphatic hydroxyl groups is 1. The molecule has 1 amide bonds. The van der Waals surface area contributed by atoms with E-state index in [-0.39, 0.29) is 23.1 Å². The summed E-state index contributed by atoms with van der Waals surface area (Å²) >= 11 is 0. The number of halogens is 2. The van der Waals surface area contributed by atoms with Crippen molar-refractivity contribution in [1.82, 2.24) is 4.90 Å². The van der Waals surface area contributed by atoms with Gasteiger partial charge in [-0.2, -0.15) is 0 Å². The van der Waals surface area contributed by atoms with Crippen LogP contribution in [-0.4, -0.2) is 47.8 Å². The molecule has 1 N–H and O–H groups in total. The number of hydrogen-bond acceptors (Lipinski definition) is 3. The minimum atomic E-state index is -0.852. The van der Waals surface area contributed by atoms with Crippen molar-refractivity contribution >= 4 is 5.91 Å². The van der Waals surface area contributed by atoms with Crippen LogP contribution in [0.5, 0.6) is 0 Å². The number of carbonyl (C=O) groups is 1. The van der Waals surface area contributed by atoms with E-state index in [1.807, 2.05) is 0 Å². The first-order valence-corrected chi connectivity index (χ1v) is 8.01. The van der Waals surface area contributed by atoms with Crippen LogP contribution in [0.4, 0.5) is 8.78 Å². The number of aliphatic hydroxyl groups excluding tert-OH is 1. The second-order valence-corrected chi connectivity index (χ2v) is 6.38. The molecule has 3 rings (SSSR count). The lowest BCUT2D eigenvalue weighted by molar-refractivity contribution is -0.0385. The molecule has 0 unspecified atom stereocenters. The minimum absolute atomic E-state index is 0.0520. The molecule has 1 aromatic carbocycles. The number of carbonyl (C=O) groups excluding carboxylic acids is 1. The Hall–Kier alpha value is -1.53. The zero-order valence-corrected chi connectivity index (χ0v) is 13.1. The summed E-state index contributed by atoms with van der Waals surface area (Å²) in [6, 6.07) is 1.74. The zero-order chi connectivity index (χ0) is 16.6. The van der Waals surface area contributed by atoms with E-state index in [1.54, 1.807) is 4.90 Å². The van der Waals surface area contributed by atoms with Crippen molar-refractivity contribution in [2.24, 2.45) is 5.92 Å². The molecule has 126 valence electrons. The number of morpholine rings is 1. The summed E-state index contributed by atoms with van der Waals surface area (Å²) in [7, 11) is 0. The van der Waals surface area contributed by atoms with Crippen LogP contribution in [0.25, 0.3) is 0 Å². The van der Waals surface area contributed by atoms with Gasteiger partial charge in [0.1, 0.15) is 11.6 Å². The van der Waals surface area contributed by atoms with Crippen LogP contribution in [0, 0.1) is 24.5 Å². The van der Waals surface area contributed by atoms with E-state index in [9.17, 15) is 18.7 Å². The van der Waals surface area contributed by atoms with E-state index >= 15 is 0 Å². The van der Waals surface area contributed by atoms with Gasteiger partial charge in [0.05, 0.1) is 30.9 Å². The fraction of sp³-hybridized carbons (Fsp3) is 0.588. The van der Waals surface area contributed by atoms with E-state index in [0.29, 0.717) is 26.2 Å². The van der Waals surface area contributed by atoms with Gasteiger partial charge >= 0.3 is 0 Å². The van der Waals surface area contributed by atoms with E-state index in [2.05, 4.69) is 0 Å². The van der Waals surface area contributed by atoms with Crippen molar-refractivity contribution < 1.29 is 23.4 Å². The average Bonchev–Trinajstić information content (AvgIpc) is 2.96. The van der Waals surface area contributed by atoms with Crippen LogP contribution in [0.2, 0.25) is 0 Å². The summed E-state index contributed by atoms with van der Waals surface area (Å²) in [4.78, 5) is 14.4. The molecule has 1 aliphatic carbocycles. The molecule has 1 saturated carbocycles. The first kappa shape index (κ1) is 16.3. The number of benzene rings is 1. The molecule has 0 radical (unpaired) electrons. The van der Waals surface area contributed by atoms with Crippen molar-refractivity contribution in [2.45, 2.75) is 38.3 Å². The smallest absolute Gasteiger partial charge is 0.257 e. The standard InChI is InChI=1S/C17H21F2NO3/c1-10-7-12(14(19)8-13(10)18)17(22)20-5-6-23-9-15(20)11-3-2-4-16(11)21/h7-8,11,15-16,21H,2-6,9H2,1H3/t11-,15+,16-/m0/s1. The molecule has 0 bridgehead atoms. The maximum Gasteiger partial charge on any atom is 0.257 e. The molecular weight excluding hydrogens is 304 g/mol. The highest BCUT2D eigenvalue weighted by Gasteiger charge is 2.40. The summed E-state index contributed by atoms with van der Waals surface area (Å²) in [5.74, 6) is -2.03. The molecule has 23 heavy (non-hydrogen) atoms. The Bertz CT molecular complexity index is 608. The van der Waals surface area contributed by atoms with Gasteiger partial charge in [-0.25, -0.2) is 8.78 Å². The molecule has 1 aliphatic heterocycles. The molecule has 4 nitrogen and oxygen atoms in total. The number of rotatable bonds is 2. The predicted octanol–water partition coefficient (Wildman–Crippen LogP) is 2.28. The lowest BCUT2D eigenvalue weighted by atomic mass is 9.93. The van der Waals surface area contributed by atoms with E-state index in [1.165, 1.54) is 13.0 Å². The van der Waals surface area contributed by atoms with Crippen molar-refractivity contribution in [3.63, 3.8) is 0 Å². The van der Waals surface area contributed by atoms with E-state index < -0.39 is 23.6 Å². The van der Waals surface area contributed by atoms with Crippen LogP contribution in [0.3, 0.4) is 0 Å². The summed E-state index contributed by atoms with van der Waals surface area (Å²) in [5, 5.41) is 10.1. The SMILES string of the molecule is Cc1cc(C(=O)N2CCOC[C@@H]2[C@@H]2CCC[C@@H]2O)c(F)cc1F. The van der Waals surface area contributed by atoms with E-state index in [0.717, 1.165) is 18.9 Å². The van der Waals surface area contributed by atoms with Gasteiger partial charge in [0.15, 0.2) is 0 Å². The number of ether oxygens (including phenoxy) is 1. The summed E-state index contributed by atoms with van der Waals surface area (Å²) in [6.07, 6.45) is 1.99. The van der Waals surface area contributed by atoms with Crippen LogP contribution in [-0.2, 0) is 4.74 Å². The van der Waals surface area contributed by atoms with Crippen molar-refractivity contribution in [2.75, 3.05) is 19.8 Å². The highest BCUT2D eigenvalue weighted by Crippen LogP contribution is 2.33. The van der Waals surface area contributed by atoms with Gasteiger partial charge in [0.2, 0.25) is 0 Å². The fourth-order valence-electron chi connectivity index (χ4n) is 3.62. The molecule has 0 aromatic heterocycles. The maximum absolute atomic E-state index is 14.0. The number of aryl methyl sites for hydroxylation is 1. The Kier molecular flexibility index (Phi) is 4.64. The Labute approximate surface area is 134 Å². The van der Waals surface area contributed by atoms with Gasteiger partial charge in [-0.15, -0.1) is 0 Å². The van der Waals surface area contributed by atoms with Crippen LogP contribution in [0.15, 0.2) is 12.1 Å². The van der Waals surface area contributed by atoms with Gasteiger partial charge in [-0.1, -0.05) is 6.42 Å². The van der Waals surface area contributed by atoms with Gasteiger partial charge in [-0.05, 0) is 31.4 Å². The van der Waals surface area contributed by atoms with Crippen molar-refractivity contribution in [3.8, 4) is 0 Å². The second kappa shape index (κ2) is 6.53. The summed E-state index contributed by atoms with van der Waals surface area (Å²) in [5.41, 5.74) is 0.115. The summed E-state index contributed by atoms with van der Waals surface area (Å²) < 4.78 is 32.9. The first-order valence-electron chi connectivity index (χ1n) is 8.01. The monoisotopic (exact) mass is 325 g/mol. The molecule has 2 fully saturated rings. The molecular formula is C17H21F2NO3. The molecule has 1 aromatic rings. The maximum atomic E-state index is 14.0. The highest BCUT2D eigenvalue weighted by molar-refractivity contribution is 5.95. The van der Waals surface area contributed by atoms with Crippen molar-refractivity contribution in [3.05, 3.63) is 34.9 Å². The third-order valence-electron chi connectivity index (χ3n) is 4.93. The summed E-state index contributed by atoms with van der Waals surface area (Å²) in [6.45, 7) is 2.58. The van der Waals surface area contributed by atoms with Gasteiger partial charge in [-0.3, -0.25) is 4.79 Å². The number of hydrogen-bond donors (Lipinski definition) is 1. The van der Waals surface area contributed by atoms with Gasteiger partial charge in [0, 0.05) is 18.5 Å². The molecule has 6 heteroatoms. The minimum Gasteiger partial charge on any atom is -0.393 e. The zero-order valence-electron chi connectivity index (χ0n) is 13.1. The third-order valence-corrected chi connectivity index (χ3v) is 4.93.